The van der Waals surface area contributed by atoms with Gasteiger partial charge in [-0.2, -0.15) is 13.2 Å². The summed E-state index contributed by atoms with van der Waals surface area (Å²) in [7, 11) is 0. The molecule has 0 amide bonds. The van der Waals surface area contributed by atoms with E-state index in [1.54, 1.807) is 13.8 Å². The van der Waals surface area contributed by atoms with Crippen molar-refractivity contribution in [2.75, 3.05) is 5.32 Å². The maximum Gasteiger partial charge on any atom is 0.404 e. The van der Waals surface area contributed by atoms with E-state index in [9.17, 15) is 22.4 Å². The average Bonchev–Trinajstić information content (AvgIpc) is 2.58. The second-order valence-electron chi connectivity index (χ2n) is 6.63. The van der Waals surface area contributed by atoms with Gasteiger partial charge in [0.05, 0.1) is 0 Å². The molecule has 4 N–H and O–H groups in total. The molecule has 1 aliphatic heterocycles. The van der Waals surface area contributed by atoms with Crippen LogP contribution in [0.4, 0.5) is 28.9 Å². The third-order valence-corrected chi connectivity index (χ3v) is 5.26. The Morgan fingerprint density at radius 2 is 1.92 bits per heavy atom. The largest absolute Gasteiger partial charge is 0.404 e. The Balaban J connectivity index is 2.48. The van der Waals surface area contributed by atoms with Gasteiger partial charge in [-0.15, -0.1) is 0 Å². The van der Waals surface area contributed by atoms with E-state index >= 15 is 0 Å². The molecule has 2 unspecified atom stereocenters. The zero-order valence-electron chi connectivity index (χ0n) is 14.2. The van der Waals surface area contributed by atoms with E-state index in [4.69, 9.17) is 5.73 Å². The normalized spacial score (nSPS) is 21.3. The Hall–Kier alpha value is -2.35. The van der Waals surface area contributed by atoms with Crippen LogP contribution in [0, 0.1) is 11.7 Å². The number of hydrogen-bond donors (Lipinski definition) is 3. The molecule has 1 aliphatic rings. The number of aromatic amines is 1. The van der Waals surface area contributed by atoms with Crippen LogP contribution in [0.25, 0.3) is 0 Å². The number of halogens is 4. The number of fused-ring (bicyclic) bond motifs is 2. The number of nitrogens with two attached hydrogens (primary N) is 1. The third-order valence-electron chi connectivity index (χ3n) is 5.26. The van der Waals surface area contributed by atoms with Gasteiger partial charge in [-0.05, 0) is 35.7 Å². The highest BCUT2D eigenvalue weighted by atomic mass is 19.4. The molecule has 8 heteroatoms. The zero-order valence-corrected chi connectivity index (χ0v) is 14.2. The topological polar surface area (TPSA) is 70.9 Å². The SMILES string of the molecule is CC[C@@H](C)C(N)C1(C(F)(F)F)c2cc(F)ccc2Nc2c1cc[nH]c2=O. The van der Waals surface area contributed by atoms with Crippen molar-refractivity contribution in [3.63, 3.8) is 0 Å². The number of rotatable bonds is 3. The average molecular weight is 369 g/mol. The monoisotopic (exact) mass is 369 g/mol. The number of H-pyrrole nitrogens is 1. The molecule has 0 saturated carbocycles. The predicted octanol–water partition coefficient (Wildman–Crippen LogP) is 3.79. The van der Waals surface area contributed by atoms with Crippen LogP contribution in [-0.4, -0.2) is 17.2 Å². The van der Waals surface area contributed by atoms with Crippen LogP contribution in [0.15, 0.2) is 35.3 Å². The lowest BCUT2D eigenvalue weighted by Crippen LogP contribution is -2.60. The van der Waals surface area contributed by atoms with E-state index in [1.165, 1.54) is 12.1 Å². The molecule has 1 aromatic heterocycles. The third kappa shape index (κ3) is 2.43. The molecule has 2 aromatic rings. The van der Waals surface area contributed by atoms with Crippen LogP contribution in [0.2, 0.25) is 0 Å². The van der Waals surface area contributed by atoms with Gasteiger partial charge in [-0.25, -0.2) is 4.39 Å². The lowest BCUT2D eigenvalue weighted by atomic mass is 9.63. The van der Waals surface area contributed by atoms with Crippen molar-refractivity contribution in [1.82, 2.24) is 4.98 Å². The van der Waals surface area contributed by atoms with E-state index < -0.39 is 34.9 Å². The molecule has 26 heavy (non-hydrogen) atoms. The summed E-state index contributed by atoms with van der Waals surface area (Å²) >= 11 is 0. The van der Waals surface area contributed by atoms with Crippen LogP contribution < -0.4 is 16.6 Å². The number of alkyl halides is 3. The van der Waals surface area contributed by atoms with Crippen LogP contribution >= 0.6 is 0 Å². The van der Waals surface area contributed by atoms with Crippen molar-refractivity contribution >= 4 is 11.4 Å². The highest BCUT2D eigenvalue weighted by Gasteiger charge is 2.64. The molecule has 2 heterocycles. The van der Waals surface area contributed by atoms with E-state index in [-0.39, 0.29) is 22.5 Å². The summed E-state index contributed by atoms with van der Waals surface area (Å²) in [6.45, 7) is 3.35. The molecule has 0 radical (unpaired) electrons. The highest BCUT2D eigenvalue weighted by molar-refractivity contribution is 5.76. The van der Waals surface area contributed by atoms with Gasteiger partial charge in [0.1, 0.15) is 16.9 Å². The van der Waals surface area contributed by atoms with Crippen molar-refractivity contribution in [1.29, 1.82) is 0 Å². The first-order valence-electron chi connectivity index (χ1n) is 8.26. The Kier molecular flexibility index (Phi) is 4.34. The minimum atomic E-state index is -4.84. The molecule has 0 saturated heterocycles. The summed E-state index contributed by atoms with van der Waals surface area (Å²) in [6.07, 6.45) is -3.30. The zero-order chi connectivity index (χ0) is 19.3. The first-order valence-corrected chi connectivity index (χ1v) is 8.26. The van der Waals surface area contributed by atoms with Crippen molar-refractivity contribution in [2.24, 2.45) is 11.7 Å². The standard InChI is InChI=1S/C18H19F4N3O/c1-3-9(2)15(23)17(18(20,21)22)11-6-7-24-16(26)14(11)25-13-5-4-10(19)8-12(13)17/h4-9,15,25H,3,23H2,1-2H3,(H,24,26)/t9-,15?,17?/m1/s1. The van der Waals surface area contributed by atoms with Crippen LogP contribution in [-0.2, 0) is 5.41 Å². The summed E-state index contributed by atoms with van der Waals surface area (Å²) in [6, 6.07) is 2.87. The van der Waals surface area contributed by atoms with E-state index in [0.717, 1.165) is 18.3 Å². The molecule has 0 bridgehead atoms. The number of aromatic nitrogens is 1. The lowest BCUT2D eigenvalue weighted by molar-refractivity contribution is -0.187. The molecule has 4 nitrogen and oxygen atoms in total. The molecule has 1 aromatic carbocycles. The van der Waals surface area contributed by atoms with E-state index in [1.807, 2.05) is 0 Å². The number of nitrogens with one attached hydrogen (secondary N) is 2. The van der Waals surface area contributed by atoms with Crippen LogP contribution in [0.3, 0.4) is 0 Å². The van der Waals surface area contributed by atoms with Crippen LogP contribution in [0.1, 0.15) is 31.4 Å². The predicted molar refractivity (Wildman–Crippen MR) is 91.0 cm³/mol. The number of anilines is 2. The number of benzene rings is 1. The molecule has 0 aliphatic carbocycles. The van der Waals surface area contributed by atoms with Crippen LogP contribution in [0.5, 0.6) is 0 Å². The minimum absolute atomic E-state index is 0.0201. The Morgan fingerprint density at radius 1 is 1.23 bits per heavy atom. The summed E-state index contributed by atoms with van der Waals surface area (Å²) < 4.78 is 57.8. The smallest absolute Gasteiger partial charge is 0.351 e. The van der Waals surface area contributed by atoms with Gasteiger partial charge in [0.15, 0.2) is 0 Å². The summed E-state index contributed by atoms with van der Waals surface area (Å²) in [4.78, 5) is 14.6. The number of pyridine rings is 1. The molecular formula is C18H19F4N3O. The van der Waals surface area contributed by atoms with Gasteiger partial charge < -0.3 is 16.0 Å². The highest BCUT2D eigenvalue weighted by Crippen LogP contribution is 2.56. The summed E-state index contributed by atoms with van der Waals surface area (Å²) in [5.74, 6) is -1.33. The summed E-state index contributed by atoms with van der Waals surface area (Å²) in [5.41, 5.74) is 1.98. The first kappa shape index (κ1) is 18.4. The van der Waals surface area contributed by atoms with Crippen molar-refractivity contribution in [3.8, 4) is 0 Å². The molecule has 140 valence electrons. The molecule has 3 atom stereocenters. The second-order valence-corrected chi connectivity index (χ2v) is 6.63. The van der Waals surface area contributed by atoms with E-state index in [2.05, 4.69) is 10.3 Å². The van der Waals surface area contributed by atoms with Gasteiger partial charge in [0, 0.05) is 23.5 Å². The minimum Gasteiger partial charge on any atom is -0.351 e. The van der Waals surface area contributed by atoms with Crippen molar-refractivity contribution < 1.29 is 17.6 Å². The molecule has 0 fully saturated rings. The fraction of sp³-hybridized carbons (Fsp3) is 0.389. The lowest BCUT2D eigenvalue weighted by Gasteiger charge is -2.47. The maximum absolute atomic E-state index is 14.6. The van der Waals surface area contributed by atoms with Crippen molar-refractivity contribution in [3.05, 3.63) is 57.8 Å². The summed E-state index contributed by atoms with van der Waals surface area (Å²) in [5, 5.41) is 2.71. The van der Waals surface area contributed by atoms with Gasteiger partial charge in [-0.1, -0.05) is 20.3 Å². The Bertz CT molecular complexity index is 893. The fourth-order valence-electron chi connectivity index (χ4n) is 3.70. The molecule has 0 spiro atoms. The second kappa shape index (κ2) is 6.12. The Morgan fingerprint density at radius 3 is 2.54 bits per heavy atom. The number of hydrogen-bond acceptors (Lipinski definition) is 3. The Labute approximate surface area is 147 Å². The van der Waals surface area contributed by atoms with Gasteiger partial charge in [0.2, 0.25) is 0 Å². The van der Waals surface area contributed by atoms with E-state index in [0.29, 0.717) is 6.42 Å². The first-order chi connectivity index (χ1) is 12.1. The molecule has 3 rings (SSSR count). The fourth-order valence-corrected chi connectivity index (χ4v) is 3.70. The van der Waals surface area contributed by atoms with Gasteiger partial charge in [0.25, 0.3) is 5.56 Å². The molecular weight excluding hydrogens is 350 g/mol. The van der Waals surface area contributed by atoms with Gasteiger partial charge in [-0.3, -0.25) is 4.79 Å². The van der Waals surface area contributed by atoms with Gasteiger partial charge >= 0.3 is 6.18 Å². The van der Waals surface area contributed by atoms with Crippen molar-refractivity contribution in [2.45, 2.75) is 37.9 Å². The maximum atomic E-state index is 14.6. The quantitative estimate of drug-likeness (QED) is 0.721.